The Hall–Kier alpha value is -2.95. The van der Waals surface area contributed by atoms with Crippen LogP contribution in [0.1, 0.15) is 66.4 Å². The third-order valence-electron chi connectivity index (χ3n) is 6.87. The SMILES string of the molecule is Cc1c(CCc2ccc3c(n2)NC(=O)CC3)nc2c3c(ccn12)C(C)C(C)CC=C3. The molecule has 3 aromatic rings. The number of anilines is 1. The molecule has 0 fully saturated rings. The number of carbonyl (C=O) groups excluding carboxylic acids is 1. The largest absolute Gasteiger partial charge is 0.310 e. The van der Waals surface area contributed by atoms with Crippen LogP contribution in [0.2, 0.25) is 0 Å². The average Bonchev–Trinajstić information content (AvgIpc) is 2.99. The number of aryl methyl sites for hydroxylation is 4. The number of carbonyl (C=O) groups is 1. The molecule has 3 aromatic heterocycles. The Morgan fingerprint density at radius 3 is 2.87 bits per heavy atom. The summed E-state index contributed by atoms with van der Waals surface area (Å²) in [7, 11) is 0. The van der Waals surface area contributed by atoms with Gasteiger partial charge in [0.15, 0.2) is 0 Å². The van der Waals surface area contributed by atoms with Crippen LogP contribution in [0.5, 0.6) is 0 Å². The zero-order valence-electron chi connectivity index (χ0n) is 17.9. The second-order valence-electron chi connectivity index (χ2n) is 8.78. The number of hydrogen-bond donors (Lipinski definition) is 1. The van der Waals surface area contributed by atoms with Gasteiger partial charge in [-0.05, 0) is 67.7 Å². The standard InChI is InChI=1S/C25H28N4O/c1-15-5-4-6-21-20(16(15)2)13-14-29-17(3)22(27-25(21)29)11-10-19-9-7-18-8-12-23(30)28-24(18)26-19/h4,6-7,9,13-16H,5,8,10-12H2,1-3H3,(H,26,28,30). The molecule has 0 radical (unpaired) electrons. The van der Waals surface area contributed by atoms with E-state index < -0.39 is 0 Å². The molecular formula is C25H28N4O. The van der Waals surface area contributed by atoms with Gasteiger partial charge in [0.2, 0.25) is 5.91 Å². The van der Waals surface area contributed by atoms with Crippen LogP contribution in [0.15, 0.2) is 30.5 Å². The molecular weight excluding hydrogens is 372 g/mol. The molecule has 5 nitrogen and oxygen atoms in total. The molecule has 1 amide bonds. The van der Waals surface area contributed by atoms with Gasteiger partial charge in [-0.1, -0.05) is 32.1 Å². The van der Waals surface area contributed by atoms with E-state index in [9.17, 15) is 4.79 Å². The van der Waals surface area contributed by atoms with Gasteiger partial charge in [-0.2, -0.15) is 0 Å². The number of hydrogen-bond acceptors (Lipinski definition) is 3. The molecule has 0 bridgehead atoms. The first-order valence-corrected chi connectivity index (χ1v) is 11.0. The third kappa shape index (κ3) is 3.22. The lowest BCUT2D eigenvalue weighted by molar-refractivity contribution is -0.116. The molecule has 30 heavy (non-hydrogen) atoms. The Bertz CT molecular complexity index is 1170. The van der Waals surface area contributed by atoms with E-state index in [0.717, 1.165) is 54.1 Å². The fourth-order valence-corrected chi connectivity index (χ4v) is 4.69. The molecule has 5 heteroatoms. The summed E-state index contributed by atoms with van der Waals surface area (Å²) in [5.41, 5.74) is 8.14. The van der Waals surface area contributed by atoms with E-state index in [4.69, 9.17) is 4.98 Å². The van der Waals surface area contributed by atoms with E-state index in [1.807, 2.05) is 0 Å². The van der Waals surface area contributed by atoms with Crippen LogP contribution in [0.25, 0.3) is 11.7 Å². The maximum Gasteiger partial charge on any atom is 0.225 e. The fourth-order valence-electron chi connectivity index (χ4n) is 4.69. The van der Waals surface area contributed by atoms with Gasteiger partial charge in [-0.3, -0.25) is 4.79 Å². The second-order valence-corrected chi connectivity index (χ2v) is 8.78. The van der Waals surface area contributed by atoms with Gasteiger partial charge in [0.05, 0.1) is 5.69 Å². The van der Waals surface area contributed by atoms with Gasteiger partial charge in [-0.25, -0.2) is 9.97 Å². The molecule has 2 unspecified atom stereocenters. The van der Waals surface area contributed by atoms with Crippen molar-refractivity contribution in [3.8, 4) is 0 Å². The monoisotopic (exact) mass is 400 g/mol. The second kappa shape index (κ2) is 7.38. The van der Waals surface area contributed by atoms with Crippen LogP contribution in [0.3, 0.4) is 0 Å². The summed E-state index contributed by atoms with van der Waals surface area (Å²) in [6.07, 6.45) is 10.8. The minimum absolute atomic E-state index is 0.0561. The van der Waals surface area contributed by atoms with Crippen molar-refractivity contribution in [3.05, 3.63) is 64.2 Å². The van der Waals surface area contributed by atoms with Crippen molar-refractivity contribution in [2.45, 2.75) is 58.8 Å². The summed E-state index contributed by atoms with van der Waals surface area (Å²) in [5.74, 6) is 1.95. The molecule has 1 aliphatic carbocycles. The van der Waals surface area contributed by atoms with E-state index in [2.05, 4.69) is 72.0 Å². The summed E-state index contributed by atoms with van der Waals surface area (Å²) < 4.78 is 2.22. The van der Waals surface area contributed by atoms with E-state index in [1.165, 1.54) is 16.8 Å². The Morgan fingerprint density at radius 2 is 2.00 bits per heavy atom. The first kappa shape index (κ1) is 19.0. The van der Waals surface area contributed by atoms with Crippen molar-refractivity contribution in [2.24, 2.45) is 5.92 Å². The number of allylic oxidation sites excluding steroid dienone is 1. The maximum absolute atomic E-state index is 11.7. The average molecular weight is 401 g/mol. The molecule has 154 valence electrons. The minimum atomic E-state index is 0.0561. The van der Waals surface area contributed by atoms with Gasteiger partial charge < -0.3 is 9.72 Å². The number of amides is 1. The van der Waals surface area contributed by atoms with Crippen LogP contribution in [-0.2, 0) is 24.1 Å². The predicted molar refractivity (Wildman–Crippen MR) is 120 cm³/mol. The molecule has 2 atom stereocenters. The number of rotatable bonds is 3. The first-order chi connectivity index (χ1) is 14.5. The fraction of sp³-hybridized carbons (Fsp3) is 0.400. The molecule has 0 saturated heterocycles. The van der Waals surface area contributed by atoms with Gasteiger partial charge in [0.25, 0.3) is 0 Å². The lowest BCUT2D eigenvalue weighted by Crippen LogP contribution is -2.20. The lowest BCUT2D eigenvalue weighted by Gasteiger charge is -2.19. The number of aromatic nitrogens is 3. The molecule has 1 aliphatic heterocycles. The summed E-state index contributed by atoms with van der Waals surface area (Å²) in [4.78, 5) is 21.4. The maximum atomic E-state index is 11.7. The van der Waals surface area contributed by atoms with Crippen molar-refractivity contribution in [3.63, 3.8) is 0 Å². The lowest BCUT2D eigenvalue weighted by atomic mass is 9.87. The molecule has 5 rings (SSSR count). The van der Waals surface area contributed by atoms with Crippen LogP contribution >= 0.6 is 0 Å². The normalized spacial score (nSPS) is 20.6. The van der Waals surface area contributed by atoms with Crippen molar-refractivity contribution < 1.29 is 4.79 Å². The number of nitrogens with zero attached hydrogens (tertiary/aromatic N) is 3. The highest BCUT2D eigenvalue weighted by Gasteiger charge is 2.22. The summed E-state index contributed by atoms with van der Waals surface area (Å²) in [6.45, 7) is 6.80. The van der Waals surface area contributed by atoms with E-state index in [-0.39, 0.29) is 5.91 Å². The summed E-state index contributed by atoms with van der Waals surface area (Å²) in [6, 6.07) is 6.45. The van der Waals surface area contributed by atoms with E-state index in [0.29, 0.717) is 18.3 Å². The molecule has 0 spiro atoms. The highest BCUT2D eigenvalue weighted by Crippen LogP contribution is 2.35. The summed E-state index contributed by atoms with van der Waals surface area (Å²) >= 11 is 0. The Labute approximate surface area is 177 Å². The van der Waals surface area contributed by atoms with Crippen LogP contribution < -0.4 is 5.32 Å². The zero-order valence-corrected chi connectivity index (χ0v) is 17.9. The molecule has 0 aromatic carbocycles. The van der Waals surface area contributed by atoms with Crippen molar-refractivity contribution in [1.82, 2.24) is 14.4 Å². The minimum Gasteiger partial charge on any atom is -0.310 e. The summed E-state index contributed by atoms with van der Waals surface area (Å²) in [5, 5.41) is 2.90. The zero-order chi connectivity index (χ0) is 20.8. The predicted octanol–water partition coefficient (Wildman–Crippen LogP) is 4.86. The third-order valence-corrected chi connectivity index (χ3v) is 6.87. The quantitative estimate of drug-likeness (QED) is 0.683. The number of nitrogens with one attached hydrogen (secondary N) is 1. The van der Waals surface area contributed by atoms with Crippen molar-refractivity contribution in [1.29, 1.82) is 0 Å². The van der Waals surface area contributed by atoms with Gasteiger partial charge in [-0.15, -0.1) is 0 Å². The Balaban J connectivity index is 1.44. The molecule has 1 N–H and O–H groups in total. The number of pyridine rings is 2. The van der Waals surface area contributed by atoms with Crippen LogP contribution in [0, 0.1) is 12.8 Å². The Kier molecular flexibility index (Phi) is 4.69. The highest BCUT2D eigenvalue weighted by atomic mass is 16.1. The first-order valence-electron chi connectivity index (χ1n) is 11.0. The van der Waals surface area contributed by atoms with Crippen LogP contribution in [-0.4, -0.2) is 20.3 Å². The van der Waals surface area contributed by atoms with Gasteiger partial charge in [0.1, 0.15) is 11.5 Å². The molecule has 0 saturated carbocycles. The highest BCUT2D eigenvalue weighted by molar-refractivity contribution is 5.92. The molecule has 2 aliphatic rings. The number of imidazole rings is 1. The van der Waals surface area contributed by atoms with E-state index >= 15 is 0 Å². The van der Waals surface area contributed by atoms with Crippen molar-refractivity contribution in [2.75, 3.05) is 5.32 Å². The van der Waals surface area contributed by atoms with Crippen molar-refractivity contribution >= 4 is 23.4 Å². The van der Waals surface area contributed by atoms with Gasteiger partial charge >= 0.3 is 0 Å². The molecule has 4 heterocycles. The van der Waals surface area contributed by atoms with Gasteiger partial charge in [0, 0.05) is 29.6 Å². The number of fused-ring (bicyclic) bond motifs is 4. The van der Waals surface area contributed by atoms with E-state index in [1.54, 1.807) is 0 Å². The smallest absolute Gasteiger partial charge is 0.225 e. The Morgan fingerprint density at radius 1 is 1.13 bits per heavy atom. The topological polar surface area (TPSA) is 59.3 Å². The van der Waals surface area contributed by atoms with Crippen LogP contribution in [0.4, 0.5) is 5.82 Å².